The molecule has 0 saturated carbocycles. The molecule has 0 spiro atoms. The zero-order valence-electron chi connectivity index (χ0n) is 15.0. The summed E-state index contributed by atoms with van der Waals surface area (Å²) in [4.78, 5) is 14.1. The van der Waals surface area contributed by atoms with Crippen LogP contribution in [0.3, 0.4) is 0 Å². The number of carbonyl (C=O) groups excluding carboxylic acids is 1. The van der Waals surface area contributed by atoms with Gasteiger partial charge in [0.05, 0.1) is 32.5 Å². The van der Waals surface area contributed by atoms with Gasteiger partial charge in [0.25, 0.3) is 0 Å². The molecule has 0 aliphatic carbocycles. The summed E-state index contributed by atoms with van der Waals surface area (Å²) in [5.74, 6) is 1.88. The SMILES string of the molecule is COc1cc(OC)cc(-n2nnnc2CN(C)C(=O)C2CCCN2)c1.Cl. The number of nitrogens with zero attached hydrogens (tertiary/aromatic N) is 5. The molecule has 2 heterocycles. The number of tetrazole rings is 1. The molecule has 2 aromatic rings. The molecule has 142 valence electrons. The van der Waals surface area contributed by atoms with Crippen molar-refractivity contribution in [3.05, 3.63) is 24.0 Å². The Bertz CT molecular complexity index is 725. The summed E-state index contributed by atoms with van der Waals surface area (Å²) in [5.41, 5.74) is 0.705. The zero-order chi connectivity index (χ0) is 17.8. The van der Waals surface area contributed by atoms with Crippen LogP contribution in [-0.2, 0) is 11.3 Å². The normalized spacial score (nSPS) is 16.0. The largest absolute Gasteiger partial charge is 0.497 e. The van der Waals surface area contributed by atoms with Crippen LogP contribution in [0.5, 0.6) is 11.5 Å². The van der Waals surface area contributed by atoms with Crippen LogP contribution in [-0.4, -0.2) is 64.9 Å². The van der Waals surface area contributed by atoms with E-state index in [1.54, 1.807) is 36.9 Å². The maximum Gasteiger partial charge on any atom is 0.239 e. The van der Waals surface area contributed by atoms with Crippen molar-refractivity contribution in [1.82, 2.24) is 30.4 Å². The van der Waals surface area contributed by atoms with Crippen LogP contribution < -0.4 is 14.8 Å². The van der Waals surface area contributed by atoms with Gasteiger partial charge in [0.2, 0.25) is 5.91 Å². The number of aromatic nitrogens is 4. The smallest absolute Gasteiger partial charge is 0.239 e. The van der Waals surface area contributed by atoms with Gasteiger partial charge in [-0.2, -0.15) is 4.68 Å². The van der Waals surface area contributed by atoms with Crippen LogP contribution in [0.1, 0.15) is 18.7 Å². The van der Waals surface area contributed by atoms with Crippen molar-refractivity contribution in [1.29, 1.82) is 0 Å². The van der Waals surface area contributed by atoms with Gasteiger partial charge in [-0.3, -0.25) is 4.79 Å². The number of likely N-dealkylation sites (N-methyl/N-ethyl adjacent to an activating group) is 1. The second-order valence-electron chi connectivity index (χ2n) is 5.92. The minimum atomic E-state index is -0.119. The van der Waals surface area contributed by atoms with Gasteiger partial charge in [-0.25, -0.2) is 0 Å². The molecule has 1 aliphatic heterocycles. The number of hydrogen-bond acceptors (Lipinski definition) is 7. The molecule has 1 aromatic carbocycles. The molecule has 1 amide bonds. The quantitative estimate of drug-likeness (QED) is 0.790. The predicted octanol–water partition coefficient (Wildman–Crippen LogP) is 0.812. The molecule has 1 unspecified atom stereocenters. The summed E-state index contributed by atoms with van der Waals surface area (Å²) in [5, 5.41) is 15.1. The summed E-state index contributed by atoms with van der Waals surface area (Å²) in [6.07, 6.45) is 1.88. The van der Waals surface area contributed by atoms with Crippen LogP contribution >= 0.6 is 12.4 Å². The second kappa shape index (κ2) is 8.81. The van der Waals surface area contributed by atoms with E-state index < -0.39 is 0 Å². The first kappa shape index (κ1) is 19.9. The predicted molar refractivity (Wildman–Crippen MR) is 97.0 cm³/mol. The molecular weight excluding hydrogens is 360 g/mol. The lowest BCUT2D eigenvalue weighted by atomic mass is 10.2. The highest BCUT2D eigenvalue weighted by Crippen LogP contribution is 2.25. The molecular formula is C16H23ClN6O3. The van der Waals surface area contributed by atoms with Crippen molar-refractivity contribution in [2.75, 3.05) is 27.8 Å². The number of hydrogen-bond donors (Lipinski definition) is 1. The van der Waals surface area contributed by atoms with Gasteiger partial charge >= 0.3 is 0 Å². The first-order valence-corrected chi connectivity index (χ1v) is 8.11. The molecule has 1 fully saturated rings. The fourth-order valence-corrected chi connectivity index (χ4v) is 2.87. The van der Waals surface area contributed by atoms with Crippen LogP contribution in [0.15, 0.2) is 18.2 Å². The van der Waals surface area contributed by atoms with E-state index in [4.69, 9.17) is 9.47 Å². The fourth-order valence-electron chi connectivity index (χ4n) is 2.87. The standard InChI is InChI=1S/C16H22N6O3.ClH/c1-21(16(23)14-5-4-6-17-14)10-15-18-19-20-22(15)11-7-12(24-2)9-13(8-11)25-3;/h7-9,14,17H,4-6,10H2,1-3H3;1H. The molecule has 3 rings (SSSR count). The van der Waals surface area contributed by atoms with E-state index in [-0.39, 0.29) is 24.4 Å². The third kappa shape index (κ3) is 4.23. The van der Waals surface area contributed by atoms with Crippen molar-refractivity contribution in [3.63, 3.8) is 0 Å². The van der Waals surface area contributed by atoms with Gasteiger partial charge in [-0.15, -0.1) is 17.5 Å². The lowest BCUT2D eigenvalue weighted by Crippen LogP contribution is -2.41. The Morgan fingerprint density at radius 1 is 1.31 bits per heavy atom. The molecule has 1 atom stereocenters. The molecule has 26 heavy (non-hydrogen) atoms. The van der Waals surface area contributed by atoms with E-state index in [0.29, 0.717) is 29.6 Å². The highest BCUT2D eigenvalue weighted by molar-refractivity contribution is 5.85. The highest BCUT2D eigenvalue weighted by Gasteiger charge is 2.26. The van der Waals surface area contributed by atoms with Gasteiger partial charge in [-0.1, -0.05) is 0 Å². The number of ether oxygens (including phenoxy) is 2. The van der Waals surface area contributed by atoms with Gasteiger partial charge < -0.3 is 19.7 Å². The molecule has 10 heteroatoms. The molecule has 1 saturated heterocycles. The maximum absolute atomic E-state index is 12.5. The van der Waals surface area contributed by atoms with E-state index >= 15 is 0 Å². The molecule has 0 radical (unpaired) electrons. The van der Waals surface area contributed by atoms with Gasteiger partial charge in [0.1, 0.15) is 11.5 Å². The van der Waals surface area contributed by atoms with E-state index in [2.05, 4.69) is 20.8 Å². The molecule has 1 aromatic heterocycles. The number of halogens is 1. The van der Waals surface area contributed by atoms with Gasteiger partial charge in [0, 0.05) is 25.2 Å². The lowest BCUT2D eigenvalue weighted by Gasteiger charge is -2.20. The molecule has 1 aliphatic rings. The van der Waals surface area contributed by atoms with Crippen molar-refractivity contribution < 1.29 is 14.3 Å². The van der Waals surface area contributed by atoms with E-state index in [9.17, 15) is 4.79 Å². The number of benzene rings is 1. The third-order valence-electron chi connectivity index (χ3n) is 4.23. The summed E-state index contributed by atoms with van der Waals surface area (Å²) in [6.45, 7) is 1.19. The first-order valence-electron chi connectivity index (χ1n) is 8.11. The average molecular weight is 383 g/mol. The van der Waals surface area contributed by atoms with Crippen molar-refractivity contribution in [2.24, 2.45) is 0 Å². The van der Waals surface area contributed by atoms with Crippen LogP contribution in [0.2, 0.25) is 0 Å². The Balaban J connectivity index is 0.00000243. The molecule has 1 N–H and O–H groups in total. The summed E-state index contributed by atoms with van der Waals surface area (Å²) >= 11 is 0. The molecule has 9 nitrogen and oxygen atoms in total. The number of amides is 1. The Labute approximate surface area is 158 Å². The minimum absolute atomic E-state index is 0. The monoisotopic (exact) mass is 382 g/mol. The first-order chi connectivity index (χ1) is 12.1. The van der Waals surface area contributed by atoms with Crippen molar-refractivity contribution >= 4 is 18.3 Å². The Kier molecular flexibility index (Phi) is 6.76. The number of carbonyl (C=O) groups is 1. The summed E-state index contributed by atoms with van der Waals surface area (Å²) in [6, 6.07) is 5.27. The highest BCUT2D eigenvalue weighted by atomic mass is 35.5. The third-order valence-corrected chi connectivity index (χ3v) is 4.23. The van der Waals surface area contributed by atoms with Crippen molar-refractivity contribution in [3.8, 4) is 17.2 Å². The average Bonchev–Trinajstić information content (AvgIpc) is 3.32. The van der Waals surface area contributed by atoms with Crippen LogP contribution in [0, 0.1) is 0 Å². The van der Waals surface area contributed by atoms with Gasteiger partial charge in [0.15, 0.2) is 5.82 Å². The van der Waals surface area contributed by atoms with Crippen LogP contribution in [0.25, 0.3) is 5.69 Å². The topological polar surface area (TPSA) is 94.4 Å². The van der Waals surface area contributed by atoms with E-state index in [1.807, 2.05) is 12.1 Å². The second-order valence-corrected chi connectivity index (χ2v) is 5.92. The number of methoxy groups -OCH3 is 2. The lowest BCUT2D eigenvalue weighted by molar-refractivity contribution is -0.132. The summed E-state index contributed by atoms with van der Waals surface area (Å²) < 4.78 is 12.2. The minimum Gasteiger partial charge on any atom is -0.497 e. The Hall–Kier alpha value is -2.39. The molecule has 0 bridgehead atoms. The Morgan fingerprint density at radius 2 is 2.00 bits per heavy atom. The summed E-state index contributed by atoms with van der Waals surface area (Å²) in [7, 11) is 4.92. The van der Waals surface area contributed by atoms with Crippen molar-refractivity contribution in [2.45, 2.75) is 25.4 Å². The number of nitrogens with one attached hydrogen (secondary N) is 1. The Morgan fingerprint density at radius 3 is 2.58 bits per heavy atom. The van der Waals surface area contributed by atoms with Gasteiger partial charge in [-0.05, 0) is 29.8 Å². The van der Waals surface area contributed by atoms with E-state index in [1.165, 1.54) is 0 Å². The van der Waals surface area contributed by atoms with E-state index in [0.717, 1.165) is 19.4 Å². The van der Waals surface area contributed by atoms with Crippen LogP contribution in [0.4, 0.5) is 0 Å². The fraction of sp³-hybridized carbons (Fsp3) is 0.500. The zero-order valence-corrected chi connectivity index (χ0v) is 15.8. The maximum atomic E-state index is 12.5. The number of rotatable bonds is 6.